The summed E-state index contributed by atoms with van der Waals surface area (Å²) in [6.45, 7) is 6.61. The first-order valence-electron chi connectivity index (χ1n) is 11.7. The zero-order valence-corrected chi connectivity index (χ0v) is 23.8. The van der Waals surface area contributed by atoms with Crippen molar-refractivity contribution in [2.24, 2.45) is 0 Å². The third-order valence-corrected chi connectivity index (χ3v) is 7.45. The second kappa shape index (κ2) is 11.3. The van der Waals surface area contributed by atoms with Gasteiger partial charge in [-0.3, -0.25) is 13.9 Å². The van der Waals surface area contributed by atoms with Crippen LogP contribution in [0, 0.1) is 0 Å². The van der Waals surface area contributed by atoms with Crippen molar-refractivity contribution in [2.45, 2.75) is 45.8 Å². The summed E-state index contributed by atoms with van der Waals surface area (Å²) in [5, 5.41) is 5.18. The van der Waals surface area contributed by atoms with Gasteiger partial charge in [-0.1, -0.05) is 65.7 Å². The summed E-state index contributed by atoms with van der Waals surface area (Å²) in [5.41, 5.74) is 0.427. The number of rotatable bonds is 8. The number of anilines is 1. The van der Waals surface area contributed by atoms with E-state index in [1.54, 1.807) is 43.3 Å². The molecule has 0 aliphatic rings. The van der Waals surface area contributed by atoms with E-state index < -0.39 is 34.1 Å². The normalized spacial score (nSPS) is 12.7. The average molecular weight is 565 g/mol. The van der Waals surface area contributed by atoms with Gasteiger partial charge in [0, 0.05) is 27.5 Å². The molecule has 0 unspecified atom stereocenters. The van der Waals surface area contributed by atoms with E-state index in [0.717, 1.165) is 15.9 Å². The molecule has 1 N–H and O–H groups in total. The summed E-state index contributed by atoms with van der Waals surface area (Å²) in [6.07, 6.45) is 1.05. The Labute approximate surface area is 228 Å². The minimum atomic E-state index is -3.86. The maximum absolute atomic E-state index is 13.8. The molecule has 37 heavy (non-hydrogen) atoms. The van der Waals surface area contributed by atoms with Crippen LogP contribution in [0.15, 0.2) is 60.7 Å². The number of nitrogens with zero attached hydrogens (tertiary/aromatic N) is 2. The van der Waals surface area contributed by atoms with Crippen LogP contribution in [0.2, 0.25) is 10.0 Å². The Morgan fingerprint density at radius 2 is 1.65 bits per heavy atom. The number of sulfonamides is 1. The third kappa shape index (κ3) is 7.37. The fraction of sp³-hybridized carbons (Fsp3) is 0.333. The number of fused-ring (bicyclic) bond motifs is 1. The Morgan fingerprint density at radius 3 is 2.27 bits per heavy atom. The van der Waals surface area contributed by atoms with Crippen LogP contribution in [-0.4, -0.2) is 49.5 Å². The molecule has 2 amide bonds. The molecule has 198 valence electrons. The van der Waals surface area contributed by atoms with Gasteiger partial charge in [-0.25, -0.2) is 8.42 Å². The molecule has 0 bridgehead atoms. The highest BCUT2D eigenvalue weighted by molar-refractivity contribution is 7.92. The smallest absolute Gasteiger partial charge is 0.244 e. The van der Waals surface area contributed by atoms with Crippen molar-refractivity contribution >= 4 is 61.5 Å². The molecule has 10 heteroatoms. The van der Waals surface area contributed by atoms with Gasteiger partial charge >= 0.3 is 0 Å². The first-order valence-corrected chi connectivity index (χ1v) is 14.3. The monoisotopic (exact) mass is 563 g/mol. The Bertz CT molecular complexity index is 1420. The summed E-state index contributed by atoms with van der Waals surface area (Å²) >= 11 is 12.4. The van der Waals surface area contributed by atoms with E-state index in [2.05, 4.69) is 5.32 Å². The summed E-state index contributed by atoms with van der Waals surface area (Å²) in [4.78, 5) is 28.2. The lowest BCUT2D eigenvalue weighted by molar-refractivity contribution is -0.140. The molecule has 0 spiro atoms. The van der Waals surface area contributed by atoms with Gasteiger partial charge < -0.3 is 10.2 Å². The van der Waals surface area contributed by atoms with Crippen molar-refractivity contribution < 1.29 is 18.0 Å². The Morgan fingerprint density at radius 1 is 1.00 bits per heavy atom. The van der Waals surface area contributed by atoms with Gasteiger partial charge in [0.15, 0.2) is 0 Å². The van der Waals surface area contributed by atoms with Crippen LogP contribution < -0.4 is 9.62 Å². The molecular formula is C27H31Cl2N3O4S. The van der Waals surface area contributed by atoms with E-state index in [0.29, 0.717) is 26.7 Å². The van der Waals surface area contributed by atoms with Gasteiger partial charge in [-0.05, 0) is 56.8 Å². The summed E-state index contributed by atoms with van der Waals surface area (Å²) in [6, 6.07) is 16.6. The van der Waals surface area contributed by atoms with Crippen LogP contribution >= 0.6 is 23.2 Å². The Balaban J connectivity index is 2.02. The summed E-state index contributed by atoms with van der Waals surface area (Å²) in [5.74, 6) is -0.928. The molecule has 0 radical (unpaired) electrons. The van der Waals surface area contributed by atoms with E-state index in [-0.39, 0.29) is 12.5 Å². The van der Waals surface area contributed by atoms with Gasteiger partial charge in [0.2, 0.25) is 21.8 Å². The van der Waals surface area contributed by atoms with Crippen molar-refractivity contribution in [2.75, 3.05) is 17.1 Å². The lowest BCUT2D eigenvalue weighted by Gasteiger charge is -2.33. The first-order chi connectivity index (χ1) is 17.2. The minimum absolute atomic E-state index is 0.0132. The van der Waals surface area contributed by atoms with Crippen LogP contribution in [0.25, 0.3) is 10.8 Å². The van der Waals surface area contributed by atoms with Gasteiger partial charge in [-0.2, -0.15) is 0 Å². The lowest BCUT2D eigenvalue weighted by Crippen LogP contribution is -2.54. The molecule has 0 fully saturated rings. The molecule has 0 saturated carbocycles. The molecule has 0 aliphatic heterocycles. The highest BCUT2D eigenvalue weighted by atomic mass is 35.5. The Kier molecular flexibility index (Phi) is 8.78. The topological polar surface area (TPSA) is 86.8 Å². The van der Waals surface area contributed by atoms with E-state index >= 15 is 0 Å². The van der Waals surface area contributed by atoms with Gasteiger partial charge in [-0.15, -0.1) is 0 Å². The number of nitrogens with one attached hydrogen (secondary N) is 1. The standard InChI is InChI=1S/C27H31Cl2N3O4S/c1-18(26(34)30-27(2,3)4)31(16-20-13-14-21(28)15-23(20)29)25(33)17-32(37(5,35)36)24-12-8-10-19-9-6-7-11-22(19)24/h6-15,18H,16-17H2,1-5H3,(H,30,34)/t18-/m0/s1. The molecule has 0 aromatic heterocycles. The molecule has 0 saturated heterocycles. The van der Waals surface area contributed by atoms with Gasteiger partial charge in [0.1, 0.15) is 12.6 Å². The number of carbonyl (C=O) groups is 2. The number of hydrogen-bond donors (Lipinski definition) is 1. The zero-order chi connectivity index (χ0) is 27.5. The summed E-state index contributed by atoms with van der Waals surface area (Å²) < 4.78 is 26.9. The van der Waals surface area contributed by atoms with Crippen molar-refractivity contribution in [1.82, 2.24) is 10.2 Å². The molecule has 3 rings (SSSR count). The maximum Gasteiger partial charge on any atom is 0.244 e. The third-order valence-electron chi connectivity index (χ3n) is 5.74. The first kappa shape index (κ1) is 28.8. The summed E-state index contributed by atoms with van der Waals surface area (Å²) in [7, 11) is -3.86. The average Bonchev–Trinajstić information content (AvgIpc) is 2.79. The van der Waals surface area contributed by atoms with E-state index in [1.165, 1.54) is 4.90 Å². The zero-order valence-electron chi connectivity index (χ0n) is 21.5. The van der Waals surface area contributed by atoms with Gasteiger partial charge in [0.05, 0.1) is 11.9 Å². The predicted molar refractivity (Wildman–Crippen MR) is 151 cm³/mol. The molecular weight excluding hydrogens is 533 g/mol. The van der Waals surface area contributed by atoms with Crippen molar-refractivity contribution in [3.8, 4) is 0 Å². The number of hydrogen-bond acceptors (Lipinski definition) is 4. The van der Waals surface area contributed by atoms with Crippen LogP contribution in [0.3, 0.4) is 0 Å². The van der Waals surface area contributed by atoms with Crippen LogP contribution in [0.5, 0.6) is 0 Å². The quantitative estimate of drug-likeness (QED) is 0.405. The van der Waals surface area contributed by atoms with E-state index in [9.17, 15) is 18.0 Å². The Hall–Kier alpha value is -2.81. The fourth-order valence-corrected chi connectivity index (χ4v) is 5.24. The van der Waals surface area contributed by atoms with Crippen LogP contribution in [-0.2, 0) is 26.2 Å². The highest BCUT2D eigenvalue weighted by Gasteiger charge is 2.32. The molecule has 3 aromatic carbocycles. The molecule has 0 aliphatic carbocycles. The molecule has 0 heterocycles. The minimum Gasteiger partial charge on any atom is -0.350 e. The van der Waals surface area contributed by atoms with E-state index in [1.807, 2.05) is 45.0 Å². The van der Waals surface area contributed by atoms with Crippen molar-refractivity contribution in [3.05, 3.63) is 76.3 Å². The fourth-order valence-electron chi connectivity index (χ4n) is 3.91. The predicted octanol–water partition coefficient (Wildman–Crippen LogP) is 5.24. The second-order valence-corrected chi connectivity index (χ2v) is 12.7. The number of benzene rings is 3. The lowest BCUT2D eigenvalue weighted by atomic mass is 10.1. The van der Waals surface area contributed by atoms with Gasteiger partial charge in [0.25, 0.3) is 0 Å². The van der Waals surface area contributed by atoms with Crippen molar-refractivity contribution in [3.63, 3.8) is 0 Å². The largest absolute Gasteiger partial charge is 0.350 e. The SMILES string of the molecule is C[C@@H](C(=O)NC(C)(C)C)N(Cc1ccc(Cl)cc1Cl)C(=O)CN(c1cccc2ccccc12)S(C)(=O)=O. The maximum atomic E-state index is 13.8. The van der Waals surface area contributed by atoms with Crippen LogP contribution in [0.4, 0.5) is 5.69 Å². The molecule has 3 aromatic rings. The second-order valence-electron chi connectivity index (χ2n) is 9.94. The molecule has 7 nitrogen and oxygen atoms in total. The number of halogens is 2. The van der Waals surface area contributed by atoms with E-state index in [4.69, 9.17) is 23.2 Å². The highest BCUT2D eigenvalue weighted by Crippen LogP contribution is 2.29. The number of amides is 2. The van der Waals surface area contributed by atoms with Crippen molar-refractivity contribution in [1.29, 1.82) is 0 Å². The number of carbonyl (C=O) groups excluding carboxylic acids is 2. The van der Waals surface area contributed by atoms with Crippen LogP contribution in [0.1, 0.15) is 33.3 Å². The molecule has 1 atom stereocenters.